The van der Waals surface area contributed by atoms with Crippen molar-refractivity contribution in [1.82, 2.24) is 0 Å². The zero-order valence-corrected chi connectivity index (χ0v) is 41.7. The minimum absolute atomic E-state index is 0.258. The van der Waals surface area contributed by atoms with Crippen LogP contribution in [0, 0.1) is 49.4 Å². The van der Waals surface area contributed by atoms with Gasteiger partial charge >= 0.3 is 0 Å². The third-order valence-corrected chi connectivity index (χ3v) is 19.0. The van der Waals surface area contributed by atoms with Gasteiger partial charge in [0.15, 0.2) is 0 Å². The molecule has 0 spiro atoms. The quantitative estimate of drug-likeness (QED) is 0.0997. The van der Waals surface area contributed by atoms with Crippen molar-refractivity contribution in [1.29, 1.82) is 0 Å². The first-order valence-corrected chi connectivity index (χ1v) is 27.0. The molecule has 0 amide bonds. The smallest absolute Gasteiger partial charge is 0.0620 e. The maximum absolute atomic E-state index is 2.74. The molecule has 0 radical (unpaired) electrons. The van der Waals surface area contributed by atoms with Gasteiger partial charge in [-0.1, -0.05) is 106 Å². The molecule has 7 aromatic carbocycles. The van der Waals surface area contributed by atoms with E-state index in [4.69, 9.17) is 0 Å². The summed E-state index contributed by atoms with van der Waals surface area (Å²) in [4.78, 5) is 5.31. The number of hydrogen-bond donors (Lipinski definition) is 0. The highest BCUT2D eigenvalue weighted by molar-refractivity contribution is 6.23. The summed E-state index contributed by atoms with van der Waals surface area (Å²) in [5.74, 6) is 6.18. The lowest BCUT2D eigenvalue weighted by Crippen LogP contribution is -2.48. The molecule has 0 atom stereocenters. The summed E-state index contributed by atoms with van der Waals surface area (Å²) in [5, 5.41) is 5.42. The number of nitrogens with zero attached hydrogens (tertiary/aromatic N) is 2. The van der Waals surface area contributed by atoms with E-state index in [1.54, 1.807) is 11.1 Å². The summed E-state index contributed by atoms with van der Waals surface area (Å²) in [6, 6.07) is 53.8. The van der Waals surface area contributed by atoms with E-state index in [1.807, 2.05) is 0 Å². The van der Waals surface area contributed by atoms with Crippen LogP contribution in [0.1, 0.15) is 150 Å². The third kappa shape index (κ3) is 7.08. The van der Waals surface area contributed by atoms with Gasteiger partial charge in [0.1, 0.15) is 0 Å². The summed E-state index contributed by atoms with van der Waals surface area (Å²) >= 11 is 0. The normalized spacial score (nSPS) is 27.8. The second-order valence-corrected chi connectivity index (χ2v) is 24.5. The van der Waals surface area contributed by atoms with Gasteiger partial charge in [-0.25, -0.2) is 0 Å². The van der Waals surface area contributed by atoms with Crippen LogP contribution in [-0.2, 0) is 10.8 Å². The molecule has 0 N–H and O–H groups in total. The molecule has 346 valence electrons. The van der Waals surface area contributed by atoms with Gasteiger partial charge in [0.25, 0.3) is 0 Å². The highest BCUT2D eigenvalue weighted by atomic mass is 15.2. The molecule has 0 unspecified atom stereocenters. The average Bonchev–Trinajstić information content (AvgIpc) is 3.32. The van der Waals surface area contributed by atoms with E-state index in [1.165, 1.54) is 155 Å². The van der Waals surface area contributed by atoms with Crippen LogP contribution in [0.4, 0.5) is 34.1 Å². The molecular weight excluding hydrogens is 821 g/mol. The number of aryl methyl sites for hydroxylation is 2. The lowest BCUT2D eigenvalue weighted by Gasteiger charge is -2.57. The van der Waals surface area contributed by atoms with Crippen LogP contribution in [0.3, 0.4) is 0 Å². The van der Waals surface area contributed by atoms with Crippen LogP contribution in [0.15, 0.2) is 133 Å². The Balaban J connectivity index is 1.15. The van der Waals surface area contributed by atoms with Gasteiger partial charge in [-0.3, -0.25) is 0 Å². The number of benzene rings is 7. The Kier molecular flexibility index (Phi) is 10.1. The van der Waals surface area contributed by atoms with Gasteiger partial charge in [0.05, 0.1) is 11.4 Å². The van der Waals surface area contributed by atoms with Crippen molar-refractivity contribution >= 4 is 55.7 Å². The van der Waals surface area contributed by atoms with E-state index in [-0.39, 0.29) is 10.8 Å². The van der Waals surface area contributed by atoms with Crippen LogP contribution < -0.4 is 9.80 Å². The van der Waals surface area contributed by atoms with Crippen molar-refractivity contribution in [2.24, 2.45) is 35.5 Å². The predicted octanol–water partition coefficient (Wildman–Crippen LogP) is 18.7. The summed E-state index contributed by atoms with van der Waals surface area (Å²) < 4.78 is 0. The first-order valence-electron chi connectivity index (χ1n) is 27.0. The van der Waals surface area contributed by atoms with Crippen LogP contribution in [-0.4, -0.2) is 0 Å². The van der Waals surface area contributed by atoms with E-state index in [0.29, 0.717) is 11.8 Å². The Labute approximate surface area is 407 Å². The van der Waals surface area contributed by atoms with Crippen LogP contribution in [0.5, 0.6) is 0 Å². The molecule has 8 aliphatic rings. The Hall–Kier alpha value is -5.34. The number of fused-ring (bicyclic) bond motifs is 2. The monoisotopic (exact) mass is 893 g/mol. The SMILES string of the molecule is Cc1ccc(N(c2ccc(C(C)C)cc2)c2c3ccc(C45CC6CC(CC(C6)C4)C5)cc3c(N(c3ccc(C(C)C)cc3)c3cccc(C)c3)c3ccc(C45CC6CC(CC(C6)C4)C5)cc23)cc1. The Bertz CT molecular complexity index is 2970. The highest BCUT2D eigenvalue weighted by Crippen LogP contribution is 2.64. The van der Waals surface area contributed by atoms with Gasteiger partial charge in [0, 0.05) is 44.3 Å². The van der Waals surface area contributed by atoms with Gasteiger partial charge in [-0.05, 0) is 238 Å². The fourth-order valence-electron chi connectivity index (χ4n) is 16.5. The third-order valence-electron chi connectivity index (χ3n) is 19.0. The lowest BCUT2D eigenvalue weighted by atomic mass is 9.48. The minimum atomic E-state index is 0.258. The predicted molar refractivity (Wildman–Crippen MR) is 288 cm³/mol. The lowest BCUT2D eigenvalue weighted by molar-refractivity contribution is -0.00525. The van der Waals surface area contributed by atoms with E-state index in [2.05, 4.69) is 185 Å². The summed E-state index contributed by atoms with van der Waals surface area (Å²) in [6.45, 7) is 13.7. The molecule has 7 aromatic rings. The van der Waals surface area contributed by atoms with Crippen molar-refractivity contribution in [2.45, 2.75) is 141 Å². The largest absolute Gasteiger partial charge is 0.309 e. The second-order valence-electron chi connectivity index (χ2n) is 24.5. The molecule has 8 aliphatic carbocycles. The van der Waals surface area contributed by atoms with Crippen molar-refractivity contribution in [2.75, 3.05) is 9.80 Å². The van der Waals surface area contributed by atoms with E-state index < -0.39 is 0 Å². The summed E-state index contributed by atoms with van der Waals surface area (Å²) in [7, 11) is 0. The first kappa shape index (κ1) is 42.7. The number of hydrogen-bond acceptors (Lipinski definition) is 2. The van der Waals surface area contributed by atoms with Crippen molar-refractivity contribution in [3.63, 3.8) is 0 Å². The Morgan fingerprint density at radius 2 is 0.735 bits per heavy atom. The first-order chi connectivity index (χ1) is 33.0. The van der Waals surface area contributed by atoms with Gasteiger partial charge < -0.3 is 9.80 Å². The van der Waals surface area contributed by atoms with E-state index in [0.717, 1.165) is 35.5 Å². The van der Waals surface area contributed by atoms with Gasteiger partial charge in [-0.2, -0.15) is 0 Å². The minimum Gasteiger partial charge on any atom is -0.309 e. The number of rotatable bonds is 10. The molecule has 68 heavy (non-hydrogen) atoms. The van der Waals surface area contributed by atoms with Crippen LogP contribution in [0.2, 0.25) is 0 Å². The van der Waals surface area contributed by atoms with Crippen molar-refractivity contribution < 1.29 is 0 Å². The van der Waals surface area contributed by atoms with Gasteiger partial charge in [0.2, 0.25) is 0 Å². The van der Waals surface area contributed by atoms with E-state index >= 15 is 0 Å². The Morgan fingerprint density at radius 3 is 1.10 bits per heavy atom. The van der Waals surface area contributed by atoms with Crippen molar-refractivity contribution in [3.8, 4) is 0 Å². The zero-order chi connectivity index (χ0) is 46.1. The van der Waals surface area contributed by atoms with Crippen molar-refractivity contribution in [3.05, 3.63) is 167 Å². The molecular formula is C66H72N2. The molecule has 2 heteroatoms. The maximum Gasteiger partial charge on any atom is 0.0620 e. The standard InChI is InChI=1S/C66H72N2/c1-41(2)51-12-20-56(21-13-51)67(55-18-10-43(5)11-19-55)63-59-24-16-54(66-38-48-30-49(39-66)32-50(31-48)40-66)34-62(59)64(68(58-9-7-8-44(6)26-58)57-22-14-52(15-23-57)42(3)4)60-25-17-53(33-61(60)63)65-35-45-27-46(36-65)29-47(28-45)37-65/h7-26,33-34,41-42,45-50H,27-32,35-40H2,1-6H3. The van der Waals surface area contributed by atoms with Crippen LogP contribution in [0.25, 0.3) is 21.5 Å². The van der Waals surface area contributed by atoms with E-state index in [9.17, 15) is 0 Å². The molecule has 8 bridgehead atoms. The van der Waals surface area contributed by atoms with Crippen LogP contribution >= 0.6 is 0 Å². The Morgan fingerprint density at radius 1 is 0.368 bits per heavy atom. The number of anilines is 6. The molecule has 2 nitrogen and oxygen atoms in total. The molecule has 0 aliphatic heterocycles. The highest BCUT2D eigenvalue weighted by Gasteiger charge is 2.53. The topological polar surface area (TPSA) is 6.48 Å². The fourth-order valence-corrected chi connectivity index (χ4v) is 16.5. The second kappa shape index (κ2) is 16.1. The van der Waals surface area contributed by atoms with Gasteiger partial charge in [-0.15, -0.1) is 0 Å². The molecule has 0 heterocycles. The fraction of sp³-hybridized carbons (Fsp3) is 0.424. The maximum atomic E-state index is 2.74. The summed E-state index contributed by atoms with van der Waals surface area (Å²) in [6.07, 6.45) is 16.8. The summed E-state index contributed by atoms with van der Waals surface area (Å²) in [5.41, 5.74) is 16.5. The molecule has 0 aromatic heterocycles. The molecule has 15 rings (SSSR count). The molecule has 8 saturated carbocycles. The average molecular weight is 893 g/mol. The molecule has 8 fully saturated rings. The zero-order valence-electron chi connectivity index (χ0n) is 41.7. The molecule has 0 saturated heterocycles.